The molecule has 0 aliphatic carbocycles. The average Bonchev–Trinajstić information content (AvgIpc) is 3.50. The lowest BCUT2D eigenvalue weighted by Crippen LogP contribution is -2.30. The lowest BCUT2D eigenvalue weighted by Gasteiger charge is -2.22. The summed E-state index contributed by atoms with van der Waals surface area (Å²) >= 11 is 0. The summed E-state index contributed by atoms with van der Waals surface area (Å²) in [5.41, 5.74) is 5.79. The molecule has 1 unspecified atom stereocenters. The standard InChI is InChI=1S/C29H24N2O2/c1-19-6-4-9-21(16-19)23-13-14-27-25(18-23)30-28(33-27)26-10-5-15-31(26)29(32)24-12-11-20-7-2-3-8-22(20)17-24/h2-4,6-9,11-14,16-18,26H,5,10,15H2,1H3. The SMILES string of the molecule is Cc1cccc(-c2ccc3oc(C4CCCN4C(=O)c4ccc5ccccc5c4)nc3c2)c1. The van der Waals surface area contributed by atoms with Crippen molar-refractivity contribution in [2.24, 2.45) is 0 Å². The maximum absolute atomic E-state index is 13.4. The summed E-state index contributed by atoms with van der Waals surface area (Å²) in [6, 6.07) is 28.4. The summed E-state index contributed by atoms with van der Waals surface area (Å²) in [5.74, 6) is 0.656. The predicted molar refractivity (Wildman–Crippen MR) is 131 cm³/mol. The molecular formula is C29H24N2O2. The summed E-state index contributed by atoms with van der Waals surface area (Å²) in [4.78, 5) is 20.1. The lowest BCUT2D eigenvalue weighted by atomic mass is 10.0. The normalized spacial score (nSPS) is 16.0. The first kappa shape index (κ1) is 19.7. The third-order valence-electron chi connectivity index (χ3n) is 6.55. The molecule has 5 aromatic rings. The number of benzene rings is 4. The molecule has 4 aromatic carbocycles. The Morgan fingerprint density at radius 1 is 0.909 bits per heavy atom. The third-order valence-corrected chi connectivity index (χ3v) is 6.55. The second-order valence-corrected chi connectivity index (χ2v) is 8.82. The van der Waals surface area contributed by atoms with E-state index in [1.54, 1.807) is 0 Å². The van der Waals surface area contributed by atoms with Crippen LogP contribution in [0.2, 0.25) is 0 Å². The highest BCUT2D eigenvalue weighted by atomic mass is 16.3. The van der Waals surface area contributed by atoms with Gasteiger partial charge in [-0.05, 0) is 65.9 Å². The van der Waals surface area contributed by atoms with Gasteiger partial charge in [-0.2, -0.15) is 0 Å². The first-order chi connectivity index (χ1) is 16.2. The maximum atomic E-state index is 13.4. The molecule has 1 saturated heterocycles. The Balaban J connectivity index is 1.32. The van der Waals surface area contributed by atoms with Crippen molar-refractivity contribution in [2.45, 2.75) is 25.8 Å². The summed E-state index contributed by atoms with van der Waals surface area (Å²) in [5, 5.41) is 2.21. The molecule has 0 bridgehead atoms. The fourth-order valence-corrected chi connectivity index (χ4v) is 4.85. The molecule has 0 spiro atoms. The van der Waals surface area contributed by atoms with Crippen LogP contribution < -0.4 is 0 Å². The fraction of sp³-hybridized carbons (Fsp3) is 0.172. The van der Waals surface area contributed by atoms with Crippen LogP contribution in [0.25, 0.3) is 33.0 Å². The summed E-state index contributed by atoms with van der Waals surface area (Å²) in [6.45, 7) is 2.81. The number of aryl methyl sites for hydroxylation is 1. The minimum atomic E-state index is -0.140. The van der Waals surface area contributed by atoms with E-state index in [-0.39, 0.29) is 11.9 Å². The first-order valence-corrected chi connectivity index (χ1v) is 11.4. The van der Waals surface area contributed by atoms with Crippen LogP contribution in [0.15, 0.2) is 89.3 Å². The second-order valence-electron chi connectivity index (χ2n) is 8.82. The van der Waals surface area contributed by atoms with Crippen LogP contribution in [0.3, 0.4) is 0 Å². The Labute approximate surface area is 192 Å². The molecule has 33 heavy (non-hydrogen) atoms. The van der Waals surface area contributed by atoms with Gasteiger partial charge in [-0.1, -0.05) is 66.2 Å². The van der Waals surface area contributed by atoms with Crippen molar-refractivity contribution in [3.05, 3.63) is 102 Å². The van der Waals surface area contributed by atoms with Crippen molar-refractivity contribution in [1.82, 2.24) is 9.88 Å². The zero-order valence-electron chi connectivity index (χ0n) is 18.5. The van der Waals surface area contributed by atoms with Crippen LogP contribution in [-0.4, -0.2) is 22.3 Å². The Kier molecular flexibility index (Phi) is 4.72. The number of aromatic nitrogens is 1. The molecule has 1 aromatic heterocycles. The molecule has 4 nitrogen and oxygen atoms in total. The molecule has 4 heteroatoms. The molecule has 1 atom stereocenters. The van der Waals surface area contributed by atoms with E-state index >= 15 is 0 Å². The number of carbonyl (C=O) groups is 1. The molecule has 6 rings (SSSR count). The van der Waals surface area contributed by atoms with Crippen LogP contribution in [0.5, 0.6) is 0 Å². The monoisotopic (exact) mass is 432 g/mol. The highest BCUT2D eigenvalue weighted by molar-refractivity contribution is 5.99. The molecule has 0 saturated carbocycles. The minimum Gasteiger partial charge on any atom is -0.438 e. The number of hydrogen-bond donors (Lipinski definition) is 0. The van der Waals surface area contributed by atoms with E-state index < -0.39 is 0 Å². The van der Waals surface area contributed by atoms with E-state index in [0.717, 1.165) is 45.8 Å². The van der Waals surface area contributed by atoms with Crippen molar-refractivity contribution in [1.29, 1.82) is 0 Å². The zero-order valence-corrected chi connectivity index (χ0v) is 18.5. The van der Waals surface area contributed by atoms with Gasteiger partial charge in [-0.25, -0.2) is 4.98 Å². The molecule has 162 valence electrons. The number of likely N-dealkylation sites (tertiary alicyclic amines) is 1. The van der Waals surface area contributed by atoms with Crippen LogP contribution in [0.1, 0.15) is 40.7 Å². The van der Waals surface area contributed by atoms with Gasteiger partial charge >= 0.3 is 0 Å². The molecule has 0 radical (unpaired) electrons. The maximum Gasteiger partial charge on any atom is 0.254 e. The molecular weight excluding hydrogens is 408 g/mol. The number of rotatable bonds is 3. The van der Waals surface area contributed by atoms with Gasteiger partial charge in [-0.3, -0.25) is 4.79 Å². The largest absolute Gasteiger partial charge is 0.438 e. The first-order valence-electron chi connectivity index (χ1n) is 11.4. The molecule has 1 fully saturated rings. The molecule has 2 heterocycles. The average molecular weight is 433 g/mol. The van der Waals surface area contributed by atoms with Gasteiger partial charge in [0.25, 0.3) is 5.91 Å². The number of amides is 1. The fourth-order valence-electron chi connectivity index (χ4n) is 4.85. The van der Waals surface area contributed by atoms with E-state index in [0.29, 0.717) is 18.0 Å². The number of nitrogens with zero attached hydrogens (tertiary/aromatic N) is 2. The van der Waals surface area contributed by atoms with Crippen molar-refractivity contribution in [3.8, 4) is 11.1 Å². The van der Waals surface area contributed by atoms with Crippen LogP contribution in [0.4, 0.5) is 0 Å². The van der Waals surface area contributed by atoms with Gasteiger partial charge in [0.1, 0.15) is 11.6 Å². The number of carbonyl (C=O) groups excluding carboxylic acids is 1. The van der Waals surface area contributed by atoms with Crippen LogP contribution in [-0.2, 0) is 0 Å². The molecule has 1 amide bonds. The Hall–Kier alpha value is -3.92. The molecule has 1 aliphatic heterocycles. The molecule has 0 N–H and O–H groups in total. The van der Waals surface area contributed by atoms with Crippen LogP contribution in [0, 0.1) is 6.92 Å². The number of oxazole rings is 1. The zero-order chi connectivity index (χ0) is 22.4. The highest BCUT2D eigenvalue weighted by Gasteiger charge is 2.34. The Morgan fingerprint density at radius 2 is 1.76 bits per heavy atom. The van der Waals surface area contributed by atoms with E-state index in [1.165, 1.54) is 5.56 Å². The topological polar surface area (TPSA) is 46.3 Å². The third kappa shape index (κ3) is 3.58. The van der Waals surface area contributed by atoms with Crippen LogP contribution >= 0.6 is 0 Å². The van der Waals surface area contributed by atoms with Gasteiger partial charge in [0, 0.05) is 12.1 Å². The number of fused-ring (bicyclic) bond motifs is 2. The summed E-state index contributed by atoms with van der Waals surface area (Å²) in [7, 11) is 0. The van der Waals surface area contributed by atoms with Crippen molar-refractivity contribution in [3.63, 3.8) is 0 Å². The summed E-state index contributed by atoms with van der Waals surface area (Å²) in [6.07, 6.45) is 1.80. The van der Waals surface area contributed by atoms with Crippen molar-refractivity contribution < 1.29 is 9.21 Å². The predicted octanol–water partition coefficient (Wildman–Crippen LogP) is 6.93. The smallest absolute Gasteiger partial charge is 0.254 e. The van der Waals surface area contributed by atoms with Gasteiger partial charge in [0.05, 0.1) is 0 Å². The van der Waals surface area contributed by atoms with Crippen molar-refractivity contribution >= 4 is 27.8 Å². The van der Waals surface area contributed by atoms with Gasteiger partial charge < -0.3 is 9.32 Å². The summed E-state index contributed by atoms with van der Waals surface area (Å²) < 4.78 is 6.15. The Bertz CT molecular complexity index is 1500. The van der Waals surface area contributed by atoms with Crippen molar-refractivity contribution in [2.75, 3.05) is 6.54 Å². The minimum absolute atomic E-state index is 0.0333. The van der Waals surface area contributed by atoms with Gasteiger partial charge in [-0.15, -0.1) is 0 Å². The second kappa shape index (κ2) is 7.89. The lowest BCUT2D eigenvalue weighted by molar-refractivity contribution is 0.0717. The van der Waals surface area contributed by atoms with E-state index in [4.69, 9.17) is 9.40 Å². The van der Waals surface area contributed by atoms with Gasteiger partial charge in [0.2, 0.25) is 5.89 Å². The quantitative estimate of drug-likeness (QED) is 0.310. The number of hydrogen-bond acceptors (Lipinski definition) is 3. The van der Waals surface area contributed by atoms with Gasteiger partial charge in [0.15, 0.2) is 5.58 Å². The highest BCUT2D eigenvalue weighted by Crippen LogP contribution is 2.35. The van der Waals surface area contributed by atoms with E-state index in [1.807, 2.05) is 47.4 Å². The van der Waals surface area contributed by atoms with E-state index in [9.17, 15) is 4.79 Å². The Morgan fingerprint density at radius 3 is 2.64 bits per heavy atom. The molecule has 1 aliphatic rings. The van der Waals surface area contributed by atoms with E-state index in [2.05, 4.69) is 49.4 Å².